The number of hydrogen-bond acceptors (Lipinski definition) is 4. The van der Waals surface area contributed by atoms with Crippen LogP contribution in [0.2, 0.25) is 0 Å². The Hall–Kier alpha value is -1.10. The molecule has 0 saturated carbocycles. The number of hydrazine groups is 1. The summed E-state index contributed by atoms with van der Waals surface area (Å²) in [7, 11) is 0. The molecule has 0 rings (SSSR count). The number of nitrogens with zero attached hydrogens (tertiary/aromatic N) is 1. The maximum Gasteiger partial charge on any atom is 0.254 e. The molecule has 3 N–H and O–H groups in total. The van der Waals surface area contributed by atoms with Crippen molar-refractivity contribution in [2.24, 2.45) is 5.84 Å². The van der Waals surface area contributed by atoms with Gasteiger partial charge in [-0.3, -0.25) is 16.0 Å². The quantitative estimate of drug-likeness (QED) is 0.292. The van der Waals surface area contributed by atoms with Crippen LogP contribution in [0.1, 0.15) is 6.92 Å². The van der Waals surface area contributed by atoms with E-state index in [2.05, 4.69) is 5.43 Å². The van der Waals surface area contributed by atoms with E-state index in [0.29, 0.717) is 5.70 Å². The minimum absolute atomic E-state index is 0.329. The standard InChI is InChI=1S/C3H7N3O2/c1-3(5-4)2-6(7)8/h2,5H,4H2,1H3/b3-2+. The second-order valence-corrected chi connectivity index (χ2v) is 1.24. The summed E-state index contributed by atoms with van der Waals surface area (Å²) in [6.07, 6.45) is 0.792. The van der Waals surface area contributed by atoms with Crippen molar-refractivity contribution in [1.29, 1.82) is 0 Å². The van der Waals surface area contributed by atoms with E-state index in [9.17, 15) is 10.1 Å². The fraction of sp³-hybridized carbons (Fsp3) is 0.333. The van der Waals surface area contributed by atoms with Gasteiger partial charge in [0.2, 0.25) is 0 Å². The van der Waals surface area contributed by atoms with Gasteiger partial charge in [-0.1, -0.05) is 0 Å². The Kier molecular flexibility index (Phi) is 2.57. The highest BCUT2D eigenvalue weighted by atomic mass is 16.6. The Morgan fingerprint density at radius 1 is 2.00 bits per heavy atom. The molecule has 5 heteroatoms. The molecule has 0 atom stereocenters. The highest BCUT2D eigenvalue weighted by Crippen LogP contribution is 1.80. The summed E-state index contributed by atoms with van der Waals surface area (Å²) in [4.78, 5) is 9.03. The minimum atomic E-state index is -0.574. The van der Waals surface area contributed by atoms with Crippen LogP contribution in [-0.4, -0.2) is 4.92 Å². The first-order chi connectivity index (χ1) is 3.66. The molecule has 0 aliphatic carbocycles. The number of rotatable bonds is 2. The van der Waals surface area contributed by atoms with Crippen molar-refractivity contribution < 1.29 is 4.92 Å². The van der Waals surface area contributed by atoms with Crippen LogP contribution >= 0.6 is 0 Å². The van der Waals surface area contributed by atoms with E-state index in [-0.39, 0.29) is 0 Å². The van der Waals surface area contributed by atoms with Gasteiger partial charge in [0, 0.05) is 0 Å². The maximum atomic E-state index is 9.60. The van der Waals surface area contributed by atoms with Gasteiger partial charge in [-0.05, 0) is 6.92 Å². The summed E-state index contributed by atoms with van der Waals surface area (Å²) in [5.41, 5.74) is 2.44. The zero-order chi connectivity index (χ0) is 6.57. The Morgan fingerprint density at radius 2 is 2.50 bits per heavy atom. The SMILES string of the molecule is C/C(=C\[N+](=O)[O-])NN. The van der Waals surface area contributed by atoms with Gasteiger partial charge in [-0.25, -0.2) is 0 Å². The third-order valence-electron chi connectivity index (χ3n) is 0.527. The van der Waals surface area contributed by atoms with E-state index < -0.39 is 4.92 Å². The summed E-state index contributed by atoms with van der Waals surface area (Å²) in [6.45, 7) is 1.50. The van der Waals surface area contributed by atoms with Crippen molar-refractivity contribution in [3.63, 3.8) is 0 Å². The van der Waals surface area contributed by atoms with Crippen molar-refractivity contribution in [3.8, 4) is 0 Å². The van der Waals surface area contributed by atoms with Crippen molar-refractivity contribution in [2.45, 2.75) is 6.92 Å². The van der Waals surface area contributed by atoms with Crippen LogP contribution in [-0.2, 0) is 0 Å². The maximum absolute atomic E-state index is 9.60. The lowest BCUT2D eigenvalue weighted by molar-refractivity contribution is -0.403. The fourth-order valence-corrected chi connectivity index (χ4v) is 0.195. The monoisotopic (exact) mass is 117 g/mol. The van der Waals surface area contributed by atoms with Crippen molar-refractivity contribution >= 4 is 0 Å². The van der Waals surface area contributed by atoms with Crippen LogP contribution < -0.4 is 11.3 Å². The second kappa shape index (κ2) is 2.98. The molecule has 0 aromatic heterocycles. The molecule has 0 bridgehead atoms. The molecule has 8 heavy (non-hydrogen) atoms. The third-order valence-corrected chi connectivity index (χ3v) is 0.527. The van der Waals surface area contributed by atoms with E-state index in [0.717, 1.165) is 6.20 Å². The second-order valence-electron chi connectivity index (χ2n) is 1.24. The van der Waals surface area contributed by atoms with E-state index in [4.69, 9.17) is 5.84 Å². The zero-order valence-electron chi connectivity index (χ0n) is 4.42. The van der Waals surface area contributed by atoms with Gasteiger partial charge >= 0.3 is 0 Å². The fourth-order valence-electron chi connectivity index (χ4n) is 0.195. The molecule has 0 saturated heterocycles. The molecule has 0 spiro atoms. The first-order valence-corrected chi connectivity index (χ1v) is 1.95. The molecule has 46 valence electrons. The van der Waals surface area contributed by atoms with Crippen molar-refractivity contribution in [3.05, 3.63) is 22.0 Å². The van der Waals surface area contributed by atoms with Crippen LogP contribution in [0.5, 0.6) is 0 Å². The number of nitro groups is 1. The van der Waals surface area contributed by atoms with E-state index in [1.165, 1.54) is 6.92 Å². The zero-order valence-corrected chi connectivity index (χ0v) is 4.42. The molecule has 0 aliphatic rings. The predicted molar refractivity (Wildman–Crippen MR) is 28.1 cm³/mol. The summed E-state index contributed by atoms with van der Waals surface area (Å²) in [6, 6.07) is 0. The van der Waals surface area contributed by atoms with Gasteiger partial charge in [0.05, 0.1) is 10.6 Å². The Morgan fingerprint density at radius 3 is 2.62 bits per heavy atom. The van der Waals surface area contributed by atoms with Gasteiger partial charge in [0.25, 0.3) is 6.20 Å². The molecular weight excluding hydrogens is 110 g/mol. The summed E-state index contributed by atoms with van der Waals surface area (Å²) in [5.74, 6) is 4.80. The average molecular weight is 117 g/mol. The summed E-state index contributed by atoms with van der Waals surface area (Å²) in [5, 5.41) is 9.60. The molecule has 0 radical (unpaired) electrons. The van der Waals surface area contributed by atoms with Crippen LogP contribution in [0.4, 0.5) is 0 Å². The highest BCUT2D eigenvalue weighted by Gasteiger charge is 1.88. The van der Waals surface area contributed by atoms with Gasteiger partial charge in [0.1, 0.15) is 0 Å². The van der Waals surface area contributed by atoms with Gasteiger partial charge in [-0.2, -0.15) is 0 Å². The largest absolute Gasteiger partial charge is 0.323 e. The van der Waals surface area contributed by atoms with Crippen LogP contribution in [0.3, 0.4) is 0 Å². The molecule has 0 heterocycles. The smallest absolute Gasteiger partial charge is 0.254 e. The lowest BCUT2D eigenvalue weighted by Gasteiger charge is -1.90. The minimum Gasteiger partial charge on any atom is -0.323 e. The van der Waals surface area contributed by atoms with Crippen molar-refractivity contribution in [1.82, 2.24) is 5.43 Å². The Labute approximate surface area is 46.3 Å². The highest BCUT2D eigenvalue weighted by molar-refractivity contribution is 4.85. The normalized spacial score (nSPS) is 11.0. The first kappa shape index (κ1) is 6.90. The molecule has 0 fully saturated rings. The third kappa shape index (κ3) is 3.10. The molecule has 0 aliphatic heterocycles. The first-order valence-electron chi connectivity index (χ1n) is 1.95. The number of hydrogen-bond donors (Lipinski definition) is 2. The Bertz CT molecular complexity index is 120. The molecular formula is C3H7N3O2. The Balaban J connectivity index is 3.75. The van der Waals surface area contributed by atoms with E-state index >= 15 is 0 Å². The number of allylic oxidation sites excluding steroid dienone is 1. The van der Waals surface area contributed by atoms with E-state index in [1.54, 1.807) is 0 Å². The molecule has 0 unspecified atom stereocenters. The molecule has 5 nitrogen and oxygen atoms in total. The summed E-state index contributed by atoms with van der Waals surface area (Å²) < 4.78 is 0. The van der Waals surface area contributed by atoms with E-state index in [1.807, 2.05) is 0 Å². The average Bonchev–Trinajstić information content (AvgIpc) is 1.65. The molecule has 0 aromatic carbocycles. The lowest BCUT2D eigenvalue weighted by atomic mass is 10.6. The van der Waals surface area contributed by atoms with Gasteiger partial charge in [0.15, 0.2) is 0 Å². The topological polar surface area (TPSA) is 81.2 Å². The lowest BCUT2D eigenvalue weighted by Crippen LogP contribution is -2.19. The summed E-state index contributed by atoms with van der Waals surface area (Å²) >= 11 is 0. The van der Waals surface area contributed by atoms with Crippen LogP contribution in [0.15, 0.2) is 11.9 Å². The van der Waals surface area contributed by atoms with Gasteiger partial charge in [-0.15, -0.1) is 0 Å². The number of nitrogens with two attached hydrogens (primary N) is 1. The van der Waals surface area contributed by atoms with Gasteiger partial charge < -0.3 is 5.43 Å². The van der Waals surface area contributed by atoms with Crippen molar-refractivity contribution in [2.75, 3.05) is 0 Å². The number of nitrogens with one attached hydrogen (secondary N) is 1. The van der Waals surface area contributed by atoms with Crippen LogP contribution in [0.25, 0.3) is 0 Å². The van der Waals surface area contributed by atoms with Crippen LogP contribution in [0, 0.1) is 10.1 Å². The predicted octanol–water partition coefficient (Wildman–Crippen LogP) is -0.412. The molecule has 0 aromatic rings. The molecule has 0 amide bonds.